The Morgan fingerprint density at radius 2 is 2.05 bits per heavy atom. The van der Waals surface area contributed by atoms with Gasteiger partial charge in [-0.1, -0.05) is 17.4 Å². The van der Waals surface area contributed by atoms with Gasteiger partial charge in [-0.3, -0.25) is 10.1 Å². The van der Waals surface area contributed by atoms with Crippen molar-refractivity contribution < 1.29 is 13.3 Å². The van der Waals surface area contributed by atoms with Crippen LogP contribution in [0.2, 0.25) is 0 Å². The van der Waals surface area contributed by atoms with Crippen molar-refractivity contribution in [3.8, 4) is 0 Å². The first-order valence-electron chi connectivity index (χ1n) is 5.63. The highest BCUT2D eigenvalue weighted by Gasteiger charge is 2.10. The highest BCUT2D eigenvalue weighted by Crippen LogP contribution is 2.25. The molecule has 0 unspecified atom stereocenters. The van der Waals surface area contributed by atoms with Crippen LogP contribution in [0.15, 0.2) is 41.3 Å². The fraction of sp³-hybridized carbons (Fsp3) is 0.167. The summed E-state index contributed by atoms with van der Waals surface area (Å²) in [6.07, 6.45) is 1.15. The van der Waals surface area contributed by atoms with Crippen LogP contribution < -0.4 is 5.32 Å². The largest absolute Gasteiger partial charge is 0.380 e. The summed E-state index contributed by atoms with van der Waals surface area (Å²) in [6.45, 7) is 0.408. The van der Waals surface area contributed by atoms with Gasteiger partial charge in [0.15, 0.2) is 9.84 Å². The molecule has 2 rings (SSSR count). The summed E-state index contributed by atoms with van der Waals surface area (Å²) in [5.74, 6) is 0. The highest BCUT2D eigenvalue weighted by molar-refractivity contribution is 7.90. The van der Waals surface area contributed by atoms with E-state index >= 15 is 0 Å². The molecule has 0 aliphatic rings. The van der Waals surface area contributed by atoms with E-state index in [0.717, 1.165) is 22.5 Å². The van der Waals surface area contributed by atoms with Crippen molar-refractivity contribution >= 4 is 31.9 Å². The van der Waals surface area contributed by atoms with E-state index in [4.69, 9.17) is 0 Å². The zero-order chi connectivity index (χ0) is 14.8. The summed E-state index contributed by atoms with van der Waals surface area (Å²) >= 11 is 1.09. The highest BCUT2D eigenvalue weighted by atomic mass is 32.2. The van der Waals surface area contributed by atoms with Crippen molar-refractivity contribution in [2.24, 2.45) is 0 Å². The first-order chi connectivity index (χ1) is 9.36. The number of nitrogens with one attached hydrogen (secondary N) is 1. The molecule has 0 atom stereocenters. The van der Waals surface area contributed by atoms with Crippen molar-refractivity contribution in [2.45, 2.75) is 11.4 Å². The van der Waals surface area contributed by atoms with Crippen LogP contribution >= 0.6 is 11.3 Å². The molecular formula is C12H12N2O4S2. The smallest absolute Gasteiger partial charge is 0.324 e. The number of nitro groups is 1. The van der Waals surface area contributed by atoms with Gasteiger partial charge in [0.2, 0.25) is 0 Å². The van der Waals surface area contributed by atoms with E-state index in [1.165, 1.54) is 18.2 Å². The third-order valence-electron chi connectivity index (χ3n) is 2.56. The SMILES string of the molecule is CS(=O)(=O)c1cccc(NCc2ccc([N+](=O)[O-])s2)c1. The lowest BCUT2D eigenvalue weighted by molar-refractivity contribution is -0.380. The zero-order valence-electron chi connectivity index (χ0n) is 10.6. The Balaban J connectivity index is 2.09. The normalized spacial score (nSPS) is 11.2. The predicted molar refractivity (Wildman–Crippen MR) is 77.9 cm³/mol. The lowest BCUT2D eigenvalue weighted by Gasteiger charge is -2.06. The van der Waals surface area contributed by atoms with Crippen molar-refractivity contribution in [1.29, 1.82) is 0 Å². The molecule has 2 aromatic rings. The van der Waals surface area contributed by atoms with Gasteiger partial charge in [0.25, 0.3) is 0 Å². The van der Waals surface area contributed by atoms with Gasteiger partial charge >= 0.3 is 5.00 Å². The Labute approximate surface area is 120 Å². The number of rotatable bonds is 5. The van der Waals surface area contributed by atoms with Crippen LogP contribution in [-0.2, 0) is 16.4 Å². The molecule has 0 amide bonds. The van der Waals surface area contributed by atoms with E-state index in [1.54, 1.807) is 18.2 Å². The molecule has 106 valence electrons. The fourth-order valence-electron chi connectivity index (χ4n) is 1.59. The van der Waals surface area contributed by atoms with Gasteiger partial charge in [-0.2, -0.15) is 0 Å². The van der Waals surface area contributed by atoms with E-state index in [-0.39, 0.29) is 9.90 Å². The molecule has 0 saturated heterocycles. The lowest BCUT2D eigenvalue weighted by atomic mass is 10.3. The fourth-order valence-corrected chi connectivity index (χ4v) is 3.01. The van der Waals surface area contributed by atoms with E-state index in [2.05, 4.69) is 5.32 Å². The van der Waals surface area contributed by atoms with Gasteiger partial charge < -0.3 is 5.32 Å². The number of nitrogens with zero attached hydrogens (tertiary/aromatic N) is 1. The number of sulfone groups is 1. The third kappa shape index (κ3) is 3.55. The number of anilines is 1. The molecule has 8 heteroatoms. The van der Waals surface area contributed by atoms with Crippen molar-refractivity contribution in [1.82, 2.24) is 0 Å². The van der Waals surface area contributed by atoms with Crippen molar-refractivity contribution in [3.63, 3.8) is 0 Å². The molecule has 1 aromatic heterocycles. The summed E-state index contributed by atoms with van der Waals surface area (Å²) in [6, 6.07) is 9.59. The van der Waals surface area contributed by atoms with Gasteiger partial charge in [-0.15, -0.1) is 0 Å². The Hall–Kier alpha value is -1.93. The molecule has 1 aromatic carbocycles. The molecule has 0 bridgehead atoms. The monoisotopic (exact) mass is 312 g/mol. The maximum absolute atomic E-state index is 11.4. The third-order valence-corrected chi connectivity index (χ3v) is 4.70. The van der Waals surface area contributed by atoms with Crippen LogP contribution in [0.3, 0.4) is 0 Å². The molecule has 0 spiro atoms. The first kappa shape index (κ1) is 14.5. The van der Waals surface area contributed by atoms with Crippen molar-refractivity contribution in [2.75, 3.05) is 11.6 Å². The maximum atomic E-state index is 11.4. The minimum Gasteiger partial charge on any atom is -0.380 e. The summed E-state index contributed by atoms with van der Waals surface area (Å²) < 4.78 is 22.9. The number of benzene rings is 1. The van der Waals surface area contributed by atoms with Crippen LogP contribution in [0.5, 0.6) is 0 Å². The van der Waals surface area contributed by atoms with Crippen LogP contribution in [0, 0.1) is 10.1 Å². The summed E-state index contributed by atoms with van der Waals surface area (Å²) in [7, 11) is -3.24. The van der Waals surface area contributed by atoms with E-state index in [1.807, 2.05) is 0 Å². The lowest BCUT2D eigenvalue weighted by Crippen LogP contribution is -2.01. The molecule has 0 saturated carbocycles. The summed E-state index contributed by atoms with van der Waals surface area (Å²) in [4.78, 5) is 11.2. The quantitative estimate of drug-likeness (QED) is 0.677. The van der Waals surface area contributed by atoms with Crippen LogP contribution in [0.4, 0.5) is 10.7 Å². The standard InChI is InChI=1S/C12H12N2O4S2/c1-20(17,18)11-4-2-3-9(7-11)13-8-10-5-6-12(19-10)14(15)16/h2-7,13H,8H2,1H3. The maximum Gasteiger partial charge on any atom is 0.324 e. The molecule has 0 fully saturated rings. The number of hydrogen-bond acceptors (Lipinski definition) is 6. The van der Waals surface area contributed by atoms with Crippen LogP contribution in [0.1, 0.15) is 4.88 Å². The Kier molecular flexibility index (Phi) is 4.05. The number of hydrogen-bond donors (Lipinski definition) is 1. The second kappa shape index (κ2) is 5.59. The molecular weight excluding hydrogens is 300 g/mol. The van der Waals surface area contributed by atoms with E-state index in [0.29, 0.717) is 12.2 Å². The van der Waals surface area contributed by atoms with E-state index in [9.17, 15) is 18.5 Å². The molecule has 1 heterocycles. The van der Waals surface area contributed by atoms with Gasteiger partial charge in [0.05, 0.1) is 9.82 Å². The molecule has 0 radical (unpaired) electrons. The Bertz CT molecular complexity index is 737. The van der Waals surface area contributed by atoms with Gasteiger partial charge in [-0.05, 0) is 24.3 Å². The molecule has 6 nitrogen and oxygen atoms in total. The first-order valence-corrected chi connectivity index (χ1v) is 8.34. The molecule has 1 N–H and O–H groups in total. The van der Waals surface area contributed by atoms with Gasteiger partial charge in [0.1, 0.15) is 0 Å². The second-order valence-electron chi connectivity index (χ2n) is 4.15. The predicted octanol–water partition coefficient (Wildman–Crippen LogP) is 2.67. The summed E-state index contributed by atoms with van der Waals surface area (Å²) in [5.41, 5.74) is 0.656. The minimum atomic E-state index is -3.24. The Morgan fingerprint density at radius 1 is 1.30 bits per heavy atom. The average Bonchev–Trinajstić information content (AvgIpc) is 2.85. The molecule has 0 aliphatic heterocycles. The van der Waals surface area contributed by atoms with Crippen LogP contribution in [0.25, 0.3) is 0 Å². The topological polar surface area (TPSA) is 89.3 Å². The van der Waals surface area contributed by atoms with Crippen LogP contribution in [-0.4, -0.2) is 19.6 Å². The second-order valence-corrected chi connectivity index (χ2v) is 7.31. The van der Waals surface area contributed by atoms with Gasteiger partial charge in [0, 0.05) is 29.4 Å². The molecule has 0 aliphatic carbocycles. The van der Waals surface area contributed by atoms with Gasteiger partial charge in [-0.25, -0.2) is 8.42 Å². The number of thiophene rings is 1. The minimum absolute atomic E-state index is 0.0895. The Morgan fingerprint density at radius 3 is 2.65 bits per heavy atom. The van der Waals surface area contributed by atoms with Crippen molar-refractivity contribution in [3.05, 3.63) is 51.4 Å². The zero-order valence-corrected chi connectivity index (χ0v) is 12.2. The summed E-state index contributed by atoms with van der Waals surface area (Å²) in [5, 5.41) is 13.7. The van der Waals surface area contributed by atoms with E-state index < -0.39 is 14.8 Å². The molecule has 20 heavy (non-hydrogen) atoms. The average molecular weight is 312 g/mol.